The third kappa shape index (κ3) is 5.27. The van der Waals surface area contributed by atoms with Crippen molar-refractivity contribution >= 4 is 29.7 Å². The molecule has 208 valence electrons. The van der Waals surface area contributed by atoms with Gasteiger partial charge in [-0.2, -0.15) is 8.78 Å². The number of methoxy groups -OCH3 is 1. The van der Waals surface area contributed by atoms with Crippen LogP contribution in [-0.2, 0) is 25.4 Å². The van der Waals surface area contributed by atoms with Crippen LogP contribution >= 0.6 is 0 Å². The number of aromatic nitrogens is 1. The third-order valence-corrected chi connectivity index (χ3v) is 8.10. The van der Waals surface area contributed by atoms with Gasteiger partial charge in [-0.15, -0.1) is 0 Å². The molecule has 1 unspecified atom stereocenters. The fourth-order valence-corrected chi connectivity index (χ4v) is 5.13. The largest absolute Gasteiger partial charge is 0.495 e. The van der Waals surface area contributed by atoms with Gasteiger partial charge in [0.25, 0.3) is 0 Å². The van der Waals surface area contributed by atoms with Crippen LogP contribution in [0.2, 0.25) is 0 Å². The van der Waals surface area contributed by atoms with Gasteiger partial charge in [-0.3, -0.25) is 9.69 Å². The van der Waals surface area contributed by atoms with E-state index in [1.165, 1.54) is 13.2 Å². The summed E-state index contributed by atoms with van der Waals surface area (Å²) in [6, 6.07) is 8.89. The summed E-state index contributed by atoms with van der Waals surface area (Å²) in [5, 5.41) is 0. The van der Waals surface area contributed by atoms with Gasteiger partial charge in [0.2, 0.25) is 5.89 Å². The molecule has 0 aliphatic carbocycles. The summed E-state index contributed by atoms with van der Waals surface area (Å²) in [6.45, 7) is 8.40. The van der Waals surface area contributed by atoms with Crippen molar-refractivity contribution in [1.29, 1.82) is 0 Å². The zero-order valence-corrected chi connectivity index (χ0v) is 23.0. The lowest BCUT2D eigenvalue weighted by Crippen LogP contribution is -2.41. The number of likely N-dealkylation sites (tertiary alicyclic amines) is 1. The second kappa shape index (κ2) is 10.2. The Kier molecular flexibility index (Phi) is 7.19. The van der Waals surface area contributed by atoms with Gasteiger partial charge < -0.3 is 23.2 Å². The predicted octanol–water partition coefficient (Wildman–Crippen LogP) is 4.70. The Morgan fingerprint density at radius 1 is 1.21 bits per heavy atom. The Balaban J connectivity index is 1.46. The van der Waals surface area contributed by atoms with Crippen LogP contribution in [0.5, 0.6) is 5.75 Å². The average Bonchev–Trinajstić information content (AvgIpc) is 3.54. The number of alkyl halides is 2. The number of hydrogen-bond donors (Lipinski definition) is 0. The van der Waals surface area contributed by atoms with E-state index in [4.69, 9.17) is 28.2 Å². The van der Waals surface area contributed by atoms with Gasteiger partial charge in [0.15, 0.2) is 5.58 Å². The molecule has 0 N–H and O–H groups in total. The minimum absolute atomic E-state index is 0.0180. The van der Waals surface area contributed by atoms with Gasteiger partial charge in [0.05, 0.1) is 24.2 Å². The Labute approximate surface area is 226 Å². The van der Waals surface area contributed by atoms with E-state index in [-0.39, 0.29) is 17.6 Å². The SMILES string of the molecule is COC(=O)C1CCN(Cc2cc3nc(-c4cccc(B5OC(C)(C)C(C)(C)O5)c4C)oc3cc2OC(F)F)C1. The van der Waals surface area contributed by atoms with E-state index in [1.807, 2.05) is 57.7 Å². The van der Waals surface area contributed by atoms with Crippen molar-refractivity contribution in [3.8, 4) is 17.2 Å². The molecule has 8 nitrogen and oxygen atoms in total. The number of esters is 1. The monoisotopic (exact) mass is 542 g/mol. The number of carbonyl (C=O) groups excluding carboxylic acids is 1. The lowest BCUT2D eigenvalue weighted by Gasteiger charge is -2.32. The lowest BCUT2D eigenvalue weighted by atomic mass is 9.75. The number of nitrogens with zero attached hydrogens (tertiary/aromatic N) is 2. The molecular formula is C28H33BF2N2O6. The fraction of sp³-hybridized carbons (Fsp3) is 0.500. The van der Waals surface area contributed by atoms with Crippen molar-refractivity contribution in [2.75, 3.05) is 20.2 Å². The molecule has 2 saturated heterocycles. The molecule has 2 aliphatic heterocycles. The first kappa shape index (κ1) is 27.5. The maximum absolute atomic E-state index is 13.3. The van der Waals surface area contributed by atoms with Crippen molar-refractivity contribution in [3.05, 3.63) is 41.5 Å². The number of carbonyl (C=O) groups is 1. The van der Waals surface area contributed by atoms with Crippen molar-refractivity contribution in [3.63, 3.8) is 0 Å². The first-order chi connectivity index (χ1) is 18.4. The highest BCUT2D eigenvalue weighted by atomic mass is 19.3. The first-order valence-electron chi connectivity index (χ1n) is 13.0. The molecule has 39 heavy (non-hydrogen) atoms. The number of fused-ring (bicyclic) bond motifs is 1. The lowest BCUT2D eigenvalue weighted by molar-refractivity contribution is -0.144. The topological polar surface area (TPSA) is 83.3 Å². The van der Waals surface area contributed by atoms with Crippen LogP contribution in [0.1, 0.15) is 45.2 Å². The second-order valence-electron chi connectivity index (χ2n) is 11.2. The zero-order chi connectivity index (χ0) is 28.1. The van der Waals surface area contributed by atoms with E-state index in [0.29, 0.717) is 48.6 Å². The third-order valence-electron chi connectivity index (χ3n) is 8.10. The molecular weight excluding hydrogens is 509 g/mol. The van der Waals surface area contributed by atoms with Gasteiger partial charge >= 0.3 is 19.7 Å². The molecule has 5 rings (SSSR count). The number of oxazole rings is 1. The number of ether oxygens (including phenoxy) is 2. The maximum atomic E-state index is 13.3. The van der Waals surface area contributed by atoms with Crippen LogP contribution in [0.25, 0.3) is 22.6 Å². The molecule has 3 aromatic rings. The molecule has 1 atom stereocenters. The normalized spacial score (nSPS) is 20.7. The van der Waals surface area contributed by atoms with Gasteiger partial charge in [0.1, 0.15) is 11.3 Å². The van der Waals surface area contributed by atoms with Crippen LogP contribution in [0.4, 0.5) is 8.78 Å². The molecule has 0 amide bonds. The number of halogens is 2. The molecule has 3 heterocycles. The number of rotatable bonds is 7. The zero-order valence-electron chi connectivity index (χ0n) is 23.0. The summed E-state index contributed by atoms with van der Waals surface area (Å²) >= 11 is 0. The minimum Gasteiger partial charge on any atom is -0.469 e. The Morgan fingerprint density at radius 2 is 1.92 bits per heavy atom. The van der Waals surface area contributed by atoms with Crippen LogP contribution in [0.3, 0.4) is 0 Å². The van der Waals surface area contributed by atoms with E-state index >= 15 is 0 Å². The summed E-state index contributed by atoms with van der Waals surface area (Å²) in [4.78, 5) is 18.6. The quantitative estimate of drug-likeness (QED) is 0.314. The summed E-state index contributed by atoms with van der Waals surface area (Å²) in [5.41, 5.74) is 2.92. The van der Waals surface area contributed by atoms with Gasteiger partial charge in [-0.25, -0.2) is 4.98 Å². The number of hydrogen-bond acceptors (Lipinski definition) is 8. The standard InChI is InChI=1S/C28H33BF2N2O6/c1-16-19(8-7-9-20(16)29-38-27(2,3)28(4,5)39-29)24-32-21-12-18(22(37-26(30)31)13-23(21)36-24)15-33-11-10-17(14-33)25(34)35-6/h7-9,12-13,17,26H,10-11,14-15H2,1-6H3. The van der Waals surface area contributed by atoms with Gasteiger partial charge in [-0.1, -0.05) is 12.1 Å². The summed E-state index contributed by atoms with van der Waals surface area (Å²) < 4.78 is 54.8. The maximum Gasteiger partial charge on any atom is 0.495 e. The Morgan fingerprint density at radius 3 is 2.59 bits per heavy atom. The van der Waals surface area contributed by atoms with Crippen LogP contribution in [-0.4, -0.2) is 61.0 Å². The van der Waals surface area contributed by atoms with E-state index in [1.54, 1.807) is 6.07 Å². The smallest absolute Gasteiger partial charge is 0.469 e. The van der Waals surface area contributed by atoms with Crippen molar-refractivity contribution < 1.29 is 36.8 Å². The van der Waals surface area contributed by atoms with Crippen LogP contribution in [0, 0.1) is 12.8 Å². The summed E-state index contributed by atoms with van der Waals surface area (Å²) in [5.74, 6) is -0.135. The molecule has 2 aliphatic rings. The molecule has 0 radical (unpaired) electrons. The summed E-state index contributed by atoms with van der Waals surface area (Å²) in [7, 11) is 0.814. The van der Waals surface area contributed by atoms with Crippen LogP contribution in [0.15, 0.2) is 34.7 Å². The highest BCUT2D eigenvalue weighted by Gasteiger charge is 2.52. The second-order valence-corrected chi connectivity index (χ2v) is 11.2. The van der Waals surface area contributed by atoms with Crippen molar-refractivity contribution in [2.24, 2.45) is 5.92 Å². The molecule has 0 bridgehead atoms. The Hall–Kier alpha value is -3.02. The minimum atomic E-state index is -3.00. The van der Waals surface area contributed by atoms with Gasteiger partial charge in [0, 0.05) is 30.3 Å². The van der Waals surface area contributed by atoms with Gasteiger partial charge in [-0.05, 0) is 70.7 Å². The molecule has 2 fully saturated rings. The van der Waals surface area contributed by atoms with E-state index in [0.717, 1.165) is 16.6 Å². The molecule has 0 saturated carbocycles. The molecule has 0 spiro atoms. The Bertz CT molecular complexity index is 1380. The van der Waals surface area contributed by atoms with Crippen LogP contribution < -0.4 is 10.2 Å². The van der Waals surface area contributed by atoms with E-state index < -0.39 is 24.9 Å². The average molecular weight is 542 g/mol. The fourth-order valence-electron chi connectivity index (χ4n) is 5.13. The molecule has 2 aromatic carbocycles. The highest BCUT2D eigenvalue weighted by molar-refractivity contribution is 6.62. The predicted molar refractivity (Wildman–Crippen MR) is 142 cm³/mol. The molecule has 11 heteroatoms. The van der Waals surface area contributed by atoms with E-state index in [9.17, 15) is 13.6 Å². The van der Waals surface area contributed by atoms with E-state index in [2.05, 4.69) is 0 Å². The first-order valence-corrected chi connectivity index (χ1v) is 13.0. The molecule has 1 aromatic heterocycles. The van der Waals surface area contributed by atoms with Crippen molar-refractivity contribution in [1.82, 2.24) is 9.88 Å². The summed E-state index contributed by atoms with van der Waals surface area (Å²) in [6.07, 6.45) is 0.645. The van der Waals surface area contributed by atoms with Crippen molar-refractivity contribution in [2.45, 2.75) is 65.4 Å². The highest BCUT2D eigenvalue weighted by Crippen LogP contribution is 2.38. The number of benzene rings is 2.